The molecule has 0 aromatic heterocycles. The van der Waals surface area contributed by atoms with E-state index in [-0.39, 0.29) is 12.8 Å². The summed E-state index contributed by atoms with van der Waals surface area (Å²) in [6.45, 7) is 6.18. The van der Waals surface area contributed by atoms with Crippen molar-refractivity contribution < 1.29 is 14.6 Å². The highest BCUT2D eigenvalue weighted by Crippen LogP contribution is 2.16. The number of rotatable bonds is 9. The zero-order valence-corrected chi connectivity index (χ0v) is 13.1. The van der Waals surface area contributed by atoms with Crippen molar-refractivity contribution in [3.8, 4) is 0 Å². The summed E-state index contributed by atoms with van der Waals surface area (Å²) >= 11 is 0. The predicted octanol–water partition coefficient (Wildman–Crippen LogP) is 4.11. The van der Waals surface area contributed by atoms with Crippen molar-refractivity contribution >= 4 is 8.03 Å². The molecule has 19 heavy (non-hydrogen) atoms. The first-order chi connectivity index (χ1) is 8.95. The lowest BCUT2D eigenvalue weighted by Crippen LogP contribution is -1.85. The van der Waals surface area contributed by atoms with E-state index in [4.69, 9.17) is 10.00 Å². The van der Waals surface area contributed by atoms with Gasteiger partial charge < -0.3 is 5.11 Å². The van der Waals surface area contributed by atoms with Gasteiger partial charge >= 0.3 is 8.03 Å². The second-order valence-corrected chi connectivity index (χ2v) is 5.99. The van der Waals surface area contributed by atoms with E-state index < -0.39 is 8.03 Å². The third-order valence-electron chi connectivity index (χ3n) is 2.91. The molecule has 108 valence electrons. The molecule has 0 radical (unpaired) electrons. The van der Waals surface area contributed by atoms with E-state index in [9.17, 15) is 4.57 Å². The van der Waals surface area contributed by atoms with Crippen LogP contribution in [0.1, 0.15) is 46.5 Å². The van der Waals surface area contributed by atoms with Crippen LogP contribution in [0.3, 0.4) is 0 Å². The number of hydrogen-bond acceptors (Lipinski definition) is 2. The van der Waals surface area contributed by atoms with E-state index in [0.29, 0.717) is 0 Å². The fourth-order valence-corrected chi connectivity index (χ4v) is 2.06. The average molecular weight is 285 g/mol. The van der Waals surface area contributed by atoms with Crippen LogP contribution in [0.5, 0.6) is 0 Å². The minimum atomic E-state index is -2.05. The topological polar surface area (TPSA) is 57.5 Å². The van der Waals surface area contributed by atoms with Crippen molar-refractivity contribution in [2.45, 2.75) is 46.5 Å². The molecule has 0 aromatic carbocycles. The summed E-state index contributed by atoms with van der Waals surface area (Å²) in [5.41, 5.74) is 3.53. The maximum atomic E-state index is 10.6. The van der Waals surface area contributed by atoms with Gasteiger partial charge in [0.2, 0.25) is 0 Å². The van der Waals surface area contributed by atoms with E-state index in [1.54, 1.807) is 0 Å². The van der Waals surface area contributed by atoms with Gasteiger partial charge in [-0.3, -0.25) is 0 Å². The molecule has 0 amide bonds. The van der Waals surface area contributed by atoms with Gasteiger partial charge in [-0.1, -0.05) is 28.9 Å². The minimum absolute atomic E-state index is 0.139. The maximum Gasteiger partial charge on any atom is 0.509 e. The van der Waals surface area contributed by atoms with Crippen molar-refractivity contribution in [1.82, 2.24) is 0 Å². The van der Waals surface area contributed by atoms with Crippen LogP contribution in [0.2, 0.25) is 0 Å². The van der Waals surface area contributed by atoms with Crippen molar-refractivity contribution in [1.29, 1.82) is 0 Å². The molecule has 0 bridgehead atoms. The molecule has 1 atom stereocenters. The van der Waals surface area contributed by atoms with Crippen molar-refractivity contribution in [2.24, 2.45) is 0 Å². The van der Waals surface area contributed by atoms with Crippen LogP contribution in [0.15, 0.2) is 34.9 Å². The number of aliphatic hydroxyl groups is 1. The summed E-state index contributed by atoms with van der Waals surface area (Å²) in [5.74, 6) is 0. The average Bonchev–Trinajstić information content (AvgIpc) is 2.36. The molecule has 1 unspecified atom stereocenters. The van der Waals surface area contributed by atoms with E-state index >= 15 is 0 Å². The molecule has 0 aliphatic heterocycles. The van der Waals surface area contributed by atoms with Gasteiger partial charge in [0.1, 0.15) is 0 Å². The maximum absolute atomic E-state index is 10.6. The zero-order valence-electron chi connectivity index (χ0n) is 12.2. The molecule has 2 N–H and O–H groups in total. The predicted molar refractivity (Wildman–Crippen MR) is 81.5 cm³/mol. The van der Waals surface area contributed by atoms with E-state index in [1.165, 1.54) is 5.57 Å². The molecule has 0 rings (SSSR count). The standard InChI is InChI=1S/C15H25O3P/c1-13(7-5-9-15(3)12-16)6-4-8-14(2)10-11-19(17)18/h6,9-10,16H,4-5,7-8,11-12H2,1-3H3/p+1. The fraction of sp³-hybridized carbons (Fsp3) is 0.600. The Hall–Kier alpha value is -0.760. The zero-order chi connectivity index (χ0) is 14.7. The van der Waals surface area contributed by atoms with Crippen molar-refractivity contribution in [2.75, 3.05) is 12.8 Å². The van der Waals surface area contributed by atoms with E-state index in [2.05, 4.69) is 19.1 Å². The number of aliphatic hydroxyl groups excluding tert-OH is 1. The third-order valence-corrected chi connectivity index (χ3v) is 3.40. The Kier molecular flexibility index (Phi) is 10.7. The molecule has 0 aliphatic carbocycles. The third kappa shape index (κ3) is 12.0. The Morgan fingerprint density at radius 3 is 1.89 bits per heavy atom. The number of hydrogen-bond donors (Lipinski definition) is 2. The first kappa shape index (κ1) is 18.2. The molecular formula is C15H26O3P+. The molecule has 0 aromatic rings. The summed E-state index contributed by atoms with van der Waals surface area (Å²) in [7, 11) is -2.05. The van der Waals surface area contributed by atoms with Crippen LogP contribution < -0.4 is 0 Å². The fourth-order valence-electron chi connectivity index (χ4n) is 1.60. The summed E-state index contributed by atoms with van der Waals surface area (Å²) < 4.78 is 10.6. The van der Waals surface area contributed by atoms with E-state index in [1.807, 2.05) is 19.9 Å². The van der Waals surface area contributed by atoms with Crippen molar-refractivity contribution in [3.05, 3.63) is 34.9 Å². The molecule has 0 spiro atoms. The summed E-state index contributed by atoms with van der Waals surface area (Å²) in [6.07, 6.45) is 10.3. The van der Waals surface area contributed by atoms with Gasteiger partial charge in [0.25, 0.3) is 0 Å². The molecule has 3 nitrogen and oxygen atoms in total. The Bertz CT molecular complexity index is 368. The Balaban J connectivity index is 3.93. The lowest BCUT2D eigenvalue weighted by atomic mass is 10.1. The lowest BCUT2D eigenvalue weighted by molar-refractivity contribution is 0.331. The van der Waals surface area contributed by atoms with Gasteiger partial charge in [0.15, 0.2) is 6.16 Å². The Labute approximate surface area is 117 Å². The van der Waals surface area contributed by atoms with Crippen molar-refractivity contribution in [3.63, 3.8) is 0 Å². The molecule has 0 fully saturated rings. The smallest absolute Gasteiger partial charge is 0.392 e. The molecule has 0 aliphatic rings. The van der Waals surface area contributed by atoms with Gasteiger partial charge in [-0.2, -0.15) is 4.89 Å². The minimum Gasteiger partial charge on any atom is -0.392 e. The largest absolute Gasteiger partial charge is 0.509 e. The van der Waals surface area contributed by atoms with Crippen LogP contribution in [0, 0.1) is 0 Å². The number of allylic oxidation sites excluding steroid dienone is 5. The summed E-state index contributed by atoms with van der Waals surface area (Å²) in [6, 6.07) is 0. The van der Waals surface area contributed by atoms with Crippen LogP contribution >= 0.6 is 8.03 Å². The normalized spacial score (nSPS) is 14.8. The highest BCUT2D eigenvalue weighted by molar-refractivity contribution is 7.38. The molecule has 0 heterocycles. The van der Waals surface area contributed by atoms with Gasteiger partial charge in [-0.25, -0.2) is 0 Å². The first-order valence-corrected chi connectivity index (χ1v) is 8.06. The molecular weight excluding hydrogens is 259 g/mol. The van der Waals surface area contributed by atoms with Crippen LogP contribution in [0.4, 0.5) is 0 Å². The van der Waals surface area contributed by atoms with E-state index in [0.717, 1.165) is 36.8 Å². The molecule has 0 saturated carbocycles. The van der Waals surface area contributed by atoms with Gasteiger partial charge in [0, 0.05) is 0 Å². The first-order valence-electron chi connectivity index (χ1n) is 6.67. The Morgan fingerprint density at radius 2 is 1.42 bits per heavy atom. The van der Waals surface area contributed by atoms with Crippen LogP contribution in [-0.2, 0) is 4.57 Å². The molecule has 0 saturated heterocycles. The highest BCUT2D eigenvalue weighted by Gasteiger charge is 2.05. The van der Waals surface area contributed by atoms with Gasteiger partial charge in [-0.05, 0) is 57.1 Å². The monoisotopic (exact) mass is 285 g/mol. The summed E-state index contributed by atoms with van der Waals surface area (Å²) in [4.78, 5) is 8.71. The second kappa shape index (κ2) is 11.1. The lowest BCUT2D eigenvalue weighted by Gasteiger charge is -2.01. The highest BCUT2D eigenvalue weighted by atomic mass is 31.1. The summed E-state index contributed by atoms with van der Waals surface area (Å²) in [5, 5.41) is 8.86. The van der Waals surface area contributed by atoms with Gasteiger partial charge in [-0.15, -0.1) is 0 Å². The quantitative estimate of drug-likeness (QED) is 0.495. The molecule has 4 heteroatoms. The SMILES string of the molecule is CC(=CCCC(C)=CCCC(C)=CC[P+](=O)O)CO. The van der Waals surface area contributed by atoms with Crippen LogP contribution in [-0.4, -0.2) is 22.8 Å². The van der Waals surface area contributed by atoms with Crippen LogP contribution in [0.25, 0.3) is 0 Å². The van der Waals surface area contributed by atoms with Gasteiger partial charge in [0.05, 0.1) is 6.61 Å². The Morgan fingerprint density at radius 1 is 0.947 bits per heavy atom. The second-order valence-electron chi connectivity index (χ2n) is 4.92.